The van der Waals surface area contributed by atoms with E-state index in [4.69, 9.17) is 5.10 Å². The highest BCUT2D eigenvalue weighted by Gasteiger charge is 2.18. The van der Waals surface area contributed by atoms with Crippen LogP contribution in [0.5, 0.6) is 0 Å². The summed E-state index contributed by atoms with van der Waals surface area (Å²) in [5.74, 6) is 0. The van der Waals surface area contributed by atoms with Gasteiger partial charge in [0.05, 0.1) is 11.7 Å². The van der Waals surface area contributed by atoms with Crippen LogP contribution in [0.3, 0.4) is 0 Å². The number of hydrogen-bond acceptors (Lipinski definition) is 3. The largest absolute Gasteiger partial charge is 0.312 e. The minimum atomic E-state index is 0.653. The Bertz CT molecular complexity index is 403. The molecule has 2 rings (SSSR count). The molecule has 0 amide bonds. The Morgan fingerprint density at radius 3 is 2.67 bits per heavy atom. The molecule has 1 saturated carbocycles. The first-order valence-corrected chi connectivity index (χ1v) is 8.72. The van der Waals surface area contributed by atoms with E-state index in [1.54, 1.807) is 0 Å². The van der Waals surface area contributed by atoms with Gasteiger partial charge in [0.2, 0.25) is 0 Å². The molecule has 0 spiro atoms. The van der Waals surface area contributed by atoms with Crippen molar-refractivity contribution < 1.29 is 0 Å². The summed E-state index contributed by atoms with van der Waals surface area (Å²) in [6.45, 7) is 12.2. The molecule has 1 aromatic rings. The zero-order chi connectivity index (χ0) is 15.1. The van der Waals surface area contributed by atoms with Gasteiger partial charge >= 0.3 is 0 Å². The maximum atomic E-state index is 4.71. The van der Waals surface area contributed by atoms with Gasteiger partial charge in [-0.05, 0) is 52.4 Å². The van der Waals surface area contributed by atoms with Crippen LogP contribution in [0.25, 0.3) is 0 Å². The standard InChI is InChI=1S/C17H32N4/c1-4-20(5-2)12-8-11-18-13-16-14-21(19-15(16)3)17-9-6-7-10-17/h14,17-18H,4-13H2,1-3H3. The fraction of sp³-hybridized carbons (Fsp3) is 0.824. The van der Waals surface area contributed by atoms with Gasteiger partial charge in [-0.15, -0.1) is 0 Å². The lowest BCUT2D eigenvalue weighted by Crippen LogP contribution is -2.27. The first-order chi connectivity index (χ1) is 10.2. The topological polar surface area (TPSA) is 33.1 Å². The first-order valence-electron chi connectivity index (χ1n) is 8.72. The van der Waals surface area contributed by atoms with Gasteiger partial charge in [0.25, 0.3) is 0 Å². The van der Waals surface area contributed by atoms with Gasteiger partial charge in [-0.3, -0.25) is 4.68 Å². The van der Waals surface area contributed by atoms with Crippen molar-refractivity contribution in [2.24, 2.45) is 0 Å². The molecule has 1 N–H and O–H groups in total. The van der Waals surface area contributed by atoms with Gasteiger partial charge in [-0.2, -0.15) is 5.10 Å². The van der Waals surface area contributed by atoms with Crippen LogP contribution >= 0.6 is 0 Å². The molecule has 0 saturated heterocycles. The molecule has 1 heterocycles. The van der Waals surface area contributed by atoms with Gasteiger partial charge in [0.1, 0.15) is 0 Å². The van der Waals surface area contributed by atoms with Crippen LogP contribution in [0.4, 0.5) is 0 Å². The molecule has 0 aliphatic heterocycles. The van der Waals surface area contributed by atoms with Crippen LogP contribution in [0.1, 0.15) is 63.3 Å². The highest BCUT2D eigenvalue weighted by Crippen LogP contribution is 2.29. The van der Waals surface area contributed by atoms with Gasteiger partial charge in [0, 0.05) is 18.3 Å². The molecule has 0 bridgehead atoms. The Kier molecular flexibility index (Phi) is 6.71. The van der Waals surface area contributed by atoms with E-state index >= 15 is 0 Å². The van der Waals surface area contributed by atoms with Crippen LogP contribution in [0.15, 0.2) is 6.20 Å². The number of rotatable bonds is 9. The van der Waals surface area contributed by atoms with E-state index in [1.165, 1.54) is 49.9 Å². The minimum Gasteiger partial charge on any atom is -0.312 e. The average Bonchev–Trinajstić information content (AvgIpc) is 3.13. The SMILES string of the molecule is CCN(CC)CCCNCc1cn(C2CCCC2)nc1C. The molecule has 1 fully saturated rings. The molecule has 21 heavy (non-hydrogen) atoms. The molecule has 4 nitrogen and oxygen atoms in total. The molecular formula is C17H32N4. The van der Waals surface area contributed by atoms with Crippen molar-refractivity contribution in [2.45, 2.75) is 65.5 Å². The maximum absolute atomic E-state index is 4.71. The van der Waals surface area contributed by atoms with E-state index in [0.29, 0.717) is 6.04 Å². The van der Waals surface area contributed by atoms with E-state index in [9.17, 15) is 0 Å². The third-order valence-electron chi connectivity index (χ3n) is 4.75. The summed E-state index contributed by atoms with van der Waals surface area (Å²) >= 11 is 0. The number of nitrogens with one attached hydrogen (secondary N) is 1. The Morgan fingerprint density at radius 1 is 1.29 bits per heavy atom. The van der Waals surface area contributed by atoms with E-state index in [2.05, 4.69) is 41.9 Å². The van der Waals surface area contributed by atoms with Crippen LogP contribution in [0.2, 0.25) is 0 Å². The first kappa shape index (κ1) is 16.5. The number of hydrogen-bond donors (Lipinski definition) is 1. The molecule has 0 atom stereocenters. The second kappa shape index (κ2) is 8.54. The summed E-state index contributed by atoms with van der Waals surface area (Å²) in [5.41, 5.74) is 2.56. The monoisotopic (exact) mass is 292 g/mol. The lowest BCUT2D eigenvalue weighted by atomic mass is 10.2. The van der Waals surface area contributed by atoms with Gasteiger partial charge < -0.3 is 10.2 Å². The lowest BCUT2D eigenvalue weighted by molar-refractivity contribution is 0.298. The lowest BCUT2D eigenvalue weighted by Gasteiger charge is -2.17. The third-order valence-corrected chi connectivity index (χ3v) is 4.75. The second-order valence-electron chi connectivity index (χ2n) is 6.22. The van der Waals surface area contributed by atoms with E-state index in [1.807, 2.05) is 0 Å². The summed E-state index contributed by atoms with van der Waals surface area (Å²) in [7, 11) is 0. The van der Waals surface area contributed by atoms with Crippen LogP contribution in [0, 0.1) is 6.92 Å². The zero-order valence-corrected chi connectivity index (χ0v) is 14.1. The van der Waals surface area contributed by atoms with Crippen molar-refractivity contribution in [3.63, 3.8) is 0 Å². The molecule has 0 radical (unpaired) electrons. The molecule has 0 unspecified atom stereocenters. The Labute approximate surface area is 129 Å². The predicted molar refractivity (Wildman–Crippen MR) is 88.6 cm³/mol. The maximum Gasteiger partial charge on any atom is 0.0638 e. The van der Waals surface area contributed by atoms with Crippen LogP contribution < -0.4 is 5.32 Å². The van der Waals surface area contributed by atoms with Crippen molar-refractivity contribution in [3.05, 3.63) is 17.5 Å². The number of aromatic nitrogens is 2. The molecule has 1 aromatic heterocycles. The molecule has 1 aliphatic rings. The van der Waals surface area contributed by atoms with E-state index in [0.717, 1.165) is 26.2 Å². The summed E-state index contributed by atoms with van der Waals surface area (Å²) in [4.78, 5) is 2.48. The fourth-order valence-corrected chi connectivity index (χ4v) is 3.24. The third kappa shape index (κ3) is 4.82. The van der Waals surface area contributed by atoms with Crippen LogP contribution in [-0.4, -0.2) is 40.9 Å². The van der Waals surface area contributed by atoms with Gasteiger partial charge in [-0.1, -0.05) is 26.7 Å². The smallest absolute Gasteiger partial charge is 0.0638 e. The van der Waals surface area contributed by atoms with Crippen molar-refractivity contribution in [1.29, 1.82) is 0 Å². The highest BCUT2D eigenvalue weighted by molar-refractivity contribution is 5.15. The molecule has 0 aromatic carbocycles. The summed E-state index contributed by atoms with van der Waals surface area (Å²) < 4.78 is 2.22. The Morgan fingerprint density at radius 2 is 2.00 bits per heavy atom. The quantitative estimate of drug-likeness (QED) is 0.710. The molecule has 4 heteroatoms. The Hall–Kier alpha value is -0.870. The summed E-state index contributed by atoms with van der Waals surface area (Å²) in [6.07, 6.45) is 8.82. The molecular weight excluding hydrogens is 260 g/mol. The van der Waals surface area contributed by atoms with Crippen molar-refractivity contribution in [1.82, 2.24) is 20.0 Å². The summed E-state index contributed by atoms with van der Waals surface area (Å²) in [6, 6.07) is 0.653. The van der Waals surface area contributed by atoms with E-state index in [-0.39, 0.29) is 0 Å². The zero-order valence-electron chi connectivity index (χ0n) is 14.1. The number of nitrogens with zero attached hydrogens (tertiary/aromatic N) is 3. The highest BCUT2D eigenvalue weighted by atomic mass is 15.3. The summed E-state index contributed by atoms with van der Waals surface area (Å²) in [5, 5.41) is 8.28. The predicted octanol–water partition coefficient (Wildman–Crippen LogP) is 3.13. The van der Waals surface area contributed by atoms with Gasteiger partial charge in [-0.25, -0.2) is 0 Å². The van der Waals surface area contributed by atoms with Crippen molar-refractivity contribution in [2.75, 3.05) is 26.2 Å². The van der Waals surface area contributed by atoms with Crippen molar-refractivity contribution >= 4 is 0 Å². The van der Waals surface area contributed by atoms with Crippen LogP contribution in [-0.2, 0) is 6.54 Å². The average molecular weight is 292 g/mol. The van der Waals surface area contributed by atoms with E-state index < -0.39 is 0 Å². The van der Waals surface area contributed by atoms with Crippen molar-refractivity contribution in [3.8, 4) is 0 Å². The molecule has 120 valence electrons. The molecule has 1 aliphatic carbocycles. The Balaban J connectivity index is 1.70. The van der Waals surface area contributed by atoms with Gasteiger partial charge in [0.15, 0.2) is 0 Å². The minimum absolute atomic E-state index is 0.653. The fourth-order valence-electron chi connectivity index (χ4n) is 3.24. The number of aryl methyl sites for hydroxylation is 1. The normalized spacial score (nSPS) is 16.2. The second-order valence-corrected chi connectivity index (χ2v) is 6.22.